The Labute approximate surface area is 232 Å². The first-order chi connectivity index (χ1) is 19.1. The minimum absolute atomic E-state index is 0.0629. The molecule has 0 spiro atoms. The van der Waals surface area contributed by atoms with Gasteiger partial charge in [0.05, 0.1) is 38.9 Å². The number of allylic oxidation sites excluding steroid dienone is 1. The number of rotatable bonds is 6. The summed E-state index contributed by atoms with van der Waals surface area (Å²) in [5, 5.41) is 13.3. The molecule has 206 valence electrons. The van der Waals surface area contributed by atoms with E-state index in [1.807, 2.05) is 13.0 Å². The van der Waals surface area contributed by atoms with E-state index in [4.69, 9.17) is 0 Å². The maximum Gasteiger partial charge on any atom is 0.191 e. The van der Waals surface area contributed by atoms with Gasteiger partial charge in [-0.2, -0.15) is 15.0 Å². The summed E-state index contributed by atoms with van der Waals surface area (Å²) in [6.45, 7) is 1.94. The van der Waals surface area contributed by atoms with Crippen LogP contribution in [0.5, 0.6) is 0 Å². The smallest absolute Gasteiger partial charge is 0.191 e. The van der Waals surface area contributed by atoms with Gasteiger partial charge in [-0.1, -0.05) is 11.6 Å². The van der Waals surface area contributed by atoms with Gasteiger partial charge in [0.1, 0.15) is 11.5 Å². The van der Waals surface area contributed by atoms with E-state index < -0.39 is 15.1 Å². The summed E-state index contributed by atoms with van der Waals surface area (Å²) in [5.74, 6) is 3.65. The molecule has 2 aliphatic rings. The Morgan fingerprint density at radius 2 is 1.93 bits per heavy atom. The topological polar surface area (TPSA) is 98.8 Å². The molecule has 1 unspecified atom stereocenters. The van der Waals surface area contributed by atoms with Gasteiger partial charge in [0.25, 0.3) is 0 Å². The molecule has 40 heavy (non-hydrogen) atoms. The average molecular weight is 560 g/mol. The minimum Gasteiger partial charge on any atom is -0.291 e. The quantitative estimate of drug-likeness (QED) is 0.263. The largest absolute Gasteiger partial charge is 0.291 e. The summed E-state index contributed by atoms with van der Waals surface area (Å²) < 4.78 is 31.0. The molecular formula is C29H30FN7O2S. The molecule has 3 heterocycles. The lowest BCUT2D eigenvalue weighted by molar-refractivity contribution is 0.0749. The zero-order valence-electron chi connectivity index (χ0n) is 22.6. The number of benzene rings is 1. The van der Waals surface area contributed by atoms with Crippen molar-refractivity contribution in [2.24, 2.45) is 12.5 Å². The number of fused-ring (bicyclic) bond motifs is 2. The van der Waals surface area contributed by atoms with Crippen LogP contribution in [0.1, 0.15) is 46.6 Å². The molecule has 1 aromatic carbocycles. The van der Waals surface area contributed by atoms with Crippen molar-refractivity contribution in [2.45, 2.75) is 43.7 Å². The number of hydrogen-bond donors (Lipinski definition) is 0. The Balaban J connectivity index is 1.42. The van der Waals surface area contributed by atoms with Crippen LogP contribution in [-0.4, -0.2) is 63.0 Å². The number of carbonyl (C=O) groups excluding carboxylic acids is 1. The lowest BCUT2D eigenvalue weighted by Gasteiger charge is -2.46. The highest BCUT2D eigenvalue weighted by molar-refractivity contribution is 7.98. The summed E-state index contributed by atoms with van der Waals surface area (Å²) in [6, 6.07) is 9.66. The molecule has 0 aliphatic heterocycles. The van der Waals surface area contributed by atoms with E-state index >= 15 is 0 Å². The van der Waals surface area contributed by atoms with Gasteiger partial charge in [-0.3, -0.25) is 9.78 Å². The Morgan fingerprint density at radius 1 is 1.15 bits per heavy atom. The number of pyridine rings is 1. The van der Waals surface area contributed by atoms with Crippen LogP contribution >= 0.6 is 0 Å². The van der Waals surface area contributed by atoms with E-state index in [2.05, 4.69) is 32.2 Å². The highest BCUT2D eigenvalue weighted by atomic mass is 32.2. The van der Waals surface area contributed by atoms with Crippen LogP contribution in [0.3, 0.4) is 0 Å². The van der Waals surface area contributed by atoms with Gasteiger partial charge in [0.15, 0.2) is 10.8 Å². The monoisotopic (exact) mass is 559 g/mol. The lowest BCUT2D eigenvalue weighted by Crippen LogP contribution is -2.49. The SMILES string of the molecule is C=S(=O)(c1cnn(C)n1)N(C)[C@H]1CCC2=Cc3c(cnn3-c3ccc(F)cc3)C[C@]2(C(=O)c2ccc(C)cn2)C1. The second-order valence-corrected chi connectivity index (χ2v) is 13.0. The predicted octanol–water partition coefficient (Wildman–Crippen LogP) is 3.83. The van der Waals surface area contributed by atoms with Gasteiger partial charge < -0.3 is 0 Å². The number of nitrogens with zero attached hydrogens (tertiary/aromatic N) is 7. The summed E-state index contributed by atoms with van der Waals surface area (Å²) in [6.07, 6.45) is 9.20. The van der Waals surface area contributed by atoms with Crippen molar-refractivity contribution in [1.82, 2.24) is 34.1 Å². The summed E-state index contributed by atoms with van der Waals surface area (Å²) in [7, 11) is 0.527. The standard InChI is InChI=1S/C29H30FN7O2S/c1-19-5-12-25(31-16-19)28(38)29-14-20-17-33-37(23-10-7-22(30)8-11-23)26(20)13-21(29)6-9-24(15-29)35(2)40(4,39)27-18-32-36(3)34-27/h5,7-8,10-13,16-18,24H,4,6,9,14-15H2,1-3H3/t24-,29-,40?/m0/s1. The molecule has 1 fully saturated rings. The number of Topliss-reactive ketones (excluding diaryl/α,β-unsaturated/α-hetero) is 1. The molecule has 0 bridgehead atoms. The maximum atomic E-state index is 14.4. The number of aryl methyl sites for hydroxylation is 2. The van der Waals surface area contributed by atoms with Crippen molar-refractivity contribution in [3.05, 3.63) is 88.9 Å². The molecule has 0 saturated heterocycles. The second kappa shape index (κ2) is 9.60. The number of aromatic nitrogens is 6. The van der Waals surface area contributed by atoms with Crippen LogP contribution in [0, 0.1) is 18.2 Å². The van der Waals surface area contributed by atoms with E-state index in [0.717, 1.165) is 28.1 Å². The molecule has 1 saturated carbocycles. The fourth-order valence-corrected chi connectivity index (χ4v) is 7.31. The molecule has 11 heteroatoms. The molecular weight excluding hydrogens is 529 g/mol. The van der Waals surface area contributed by atoms with Crippen LogP contribution in [0.4, 0.5) is 4.39 Å². The fraction of sp³-hybridized carbons (Fsp3) is 0.310. The van der Waals surface area contributed by atoms with E-state index in [1.165, 1.54) is 23.1 Å². The molecule has 4 aromatic rings. The molecule has 9 nitrogen and oxygen atoms in total. The maximum absolute atomic E-state index is 14.4. The highest BCUT2D eigenvalue weighted by Gasteiger charge is 2.50. The Hall–Kier alpha value is -3.96. The zero-order chi connectivity index (χ0) is 28.2. The Morgan fingerprint density at radius 3 is 2.60 bits per heavy atom. The van der Waals surface area contributed by atoms with Gasteiger partial charge in [0.2, 0.25) is 0 Å². The van der Waals surface area contributed by atoms with Crippen molar-refractivity contribution in [2.75, 3.05) is 7.05 Å². The molecule has 0 radical (unpaired) electrons. The summed E-state index contributed by atoms with van der Waals surface area (Å²) >= 11 is 0. The van der Waals surface area contributed by atoms with Crippen molar-refractivity contribution < 1.29 is 13.4 Å². The number of ketones is 1. The van der Waals surface area contributed by atoms with Crippen LogP contribution in [0.15, 0.2) is 65.6 Å². The predicted molar refractivity (Wildman–Crippen MR) is 151 cm³/mol. The summed E-state index contributed by atoms with van der Waals surface area (Å²) in [4.78, 5) is 20.2. The van der Waals surface area contributed by atoms with Crippen molar-refractivity contribution in [1.29, 1.82) is 0 Å². The van der Waals surface area contributed by atoms with Gasteiger partial charge >= 0.3 is 0 Å². The molecule has 2 aliphatic carbocycles. The van der Waals surface area contributed by atoms with E-state index in [9.17, 15) is 13.4 Å². The first-order valence-corrected chi connectivity index (χ1v) is 14.7. The van der Waals surface area contributed by atoms with E-state index in [1.54, 1.807) is 53.7 Å². The normalized spacial score (nSPS) is 21.8. The van der Waals surface area contributed by atoms with Crippen LogP contribution < -0.4 is 0 Å². The molecule has 0 amide bonds. The Bertz CT molecular complexity index is 1740. The summed E-state index contributed by atoms with van der Waals surface area (Å²) in [5.41, 5.74) is 4.02. The molecule has 6 rings (SSSR count). The first-order valence-electron chi connectivity index (χ1n) is 13.1. The van der Waals surface area contributed by atoms with Gasteiger partial charge in [-0.05, 0) is 93.1 Å². The first kappa shape index (κ1) is 26.3. The third-order valence-corrected chi connectivity index (χ3v) is 10.2. The molecule has 3 aromatic heterocycles. The van der Waals surface area contributed by atoms with Crippen molar-refractivity contribution >= 4 is 27.4 Å². The highest BCUT2D eigenvalue weighted by Crippen LogP contribution is 2.51. The van der Waals surface area contributed by atoms with E-state index in [0.29, 0.717) is 36.4 Å². The second-order valence-electron chi connectivity index (χ2n) is 10.7. The molecule has 3 atom stereocenters. The van der Waals surface area contributed by atoms with Gasteiger partial charge in [-0.15, -0.1) is 5.10 Å². The van der Waals surface area contributed by atoms with E-state index in [-0.39, 0.29) is 17.6 Å². The molecule has 0 N–H and O–H groups in total. The van der Waals surface area contributed by atoms with Crippen molar-refractivity contribution in [3.8, 4) is 5.69 Å². The zero-order valence-corrected chi connectivity index (χ0v) is 23.4. The number of hydrogen-bond acceptors (Lipinski definition) is 6. The lowest BCUT2D eigenvalue weighted by atomic mass is 9.60. The van der Waals surface area contributed by atoms with Gasteiger partial charge in [0, 0.05) is 19.3 Å². The van der Waals surface area contributed by atoms with Gasteiger partial charge in [-0.25, -0.2) is 17.6 Å². The van der Waals surface area contributed by atoms with Crippen LogP contribution in [0.25, 0.3) is 11.8 Å². The number of halogens is 1. The van der Waals surface area contributed by atoms with Crippen LogP contribution in [-0.2, 0) is 23.2 Å². The van der Waals surface area contributed by atoms with Crippen LogP contribution in [0.2, 0.25) is 0 Å². The third kappa shape index (κ3) is 4.29. The Kier molecular flexibility index (Phi) is 6.30. The fourth-order valence-electron chi connectivity index (χ4n) is 5.89. The average Bonchev–Trinajstić information content (AvgIpc) is 3.57. The minimum atomic E-state index is -2.93. The van der Waals surface area contributed by atoms with Crippen molar-refractivity contribution in [3.63, 3.8) is 0 Å². The number of carbonyl (C=O) groups is 1. The third-order valence-electron chi connectivity index (χ3n) is 8.17.